The van der Waals surface area contributed by atoms with Crippen LogP contribution in [0.2, 0.25) is 0 Å². The van der Waals surface area contributed by atoms with E-state index in [-0.39, 0.29) is 17.5 Å². The Bertz CT molecular complexity index is 605. The molecule has 118 valence electrons. The molecule has 0 aromatic heterocycles. The number of carbonyl (C=O) groups is 2. The standard InChI is InChI=1S/C16H19FN2O3/c1-22-16(21)19-14-8-11(4-5-13(14)17)18-15(20)12-7-9-2-3-10(12)6-9/h4-5,8-10,12H,2-3,6-7H2,1H3,(H,18,20)(H,19,21)/t9-,10-,12+/m0/s1. The maximum Gasteiger partial charge on any atom is 0.411 e. The van der Waals surface area contributed by atoms with Crippen molar-refractivity contribution < 1.29 is 18.7 Å². The lowest BCUT2D eigenvalue weighted by Gasteiger charge is -2.21. The molecule has 2 N–H and O–H groups in total. The van der Waals surface area contributed by atoms with Crippen LogP contribution in [-0.4, -0.2) is 19.1 Å². The summed E-state index contributed by atoms with van der Waals surface area (Å²) >= 11 is 0. The van der Waals surface area contributed by atoms with Crippen LogP contribution in [-0.2, 0) is 9.53 Å². The van der Waals surface area contributed by atoms with E-state index in [2.05, 4.69) is 15.4 Å². The average Bonchev–Trinajstić information content (AvgIpc) is 3.13. The van der Waals surface area contributed by atoms with Crippen LogP contribution in [0.15, 0.2) is 18.2 Å². The van der Waals surface area contributed by atoms with Gasteiger partial charge in [0.25, 0.3) is 0 Å². The van der Waals surface area contributed by atoms with E-state index in [1.165, 1.54) is 31.7 Å². The molecule has 0 heterocycles. The fraction of sp³-hybridized carbons (Fsp3) is 0.500. The molecule has 2 fully saturated rings. The third-order valence-corrected chi connectivity index (χ3v) is 4.73. The topological polar surface area (TPSA) is 67.4 Å². The SMILES string of the molecule is COC(=O)Nc1cc(NC(=O)[C@@H]2C[C@H]3CC[C@H]2C3)ccc1F. The van der Waals surface area contributed by atoms with Gasteiger partial charge < -0.3 is 10.1 Å². The number of hydrogen-bond donors (Lipinski definition) is 2. The normalized spacial score (nSPS) is 25.8. The fourth-order valence-corrected chi connectivity index (χ4v) is 3.66. The first-order chi connectivity index (χ1) is 10.6. The highest BCUT2D eigenvalue weighted by atomic mass is 19.1. The molecule has 0 spiro atoms. The van der Waals surface area contributed by atoms with Gasteiger partial charge >= 0.3 is 6.09 Å². The van der Waals surface area contributed by atoms with Crippen molar-refractivity contribution in [3.05, 3.63) is 24.0 Å². The average molecular weight is 306 g/mol. The molecule has 2 amide bonds. The van der Waals surface area contributed by atoms with Crippen molar-refractivity contribution in [1.29, 1.82) is 0 Å². The largest absolute Gasteiger partial charge is 0.453 e. The van der Waals surface area contributed by atoms with Crippen molar-refractivity contribution in [3.8, 4) is 0 Å². The van der Waals surface area contributed by atoms with Crippen LogP contribution < -0.4 is 10.6 Å². The van der Waals surface area contributed by atoms with Gasteiger partial charge in [0, 0.05) is 11.6 Å². The Morgan fingerprint density at radius 2 is 2.05 bits per heavy atom. The number of carbonyl (C=O) groups excluding carboxylic acids is 2. The molecule has 2 aliphatic rings. The van der Waals surface area contributed by atoms with Crippen LogP contribution in [0.5, 0.6) is 0 Å². The van der Waals surface area contributed by atoms with E-state index in [0.717, 1.165) is 19.3 Å². The van der Waals surface area contributed by atoms with Crippen molar-refractivity contribution in [2.45, 2.75) is 25.7 Å². The first kappa shape index (κ1) is 14.8. The Hall–Kier alpha value is -2.11. The Kier molecular flexibility index (Phi) is 4.00. The monoisotopic (exact) mass is 306 g/mol. The highest BCUT2D eigenvalue weighted by Gasteiger charge is 2.43. The molecule has 0 radical (unpaired) electrons. The molecule has 1 aromatic carbocycles. The second-order valence-corrected chi connectivity index (χ2v) is 6.08. The minimum Gasteiger partial charge on any atom is -0.453 e. The minimum absolute atomic E-state index is 0.0113. The van der Waals surface area contributed by atoms with Gasteiger partial charge in [-0.3, -0.25) is 10.1 Å². The smallest absolute Gasteiger partial charge is 0.411 e. The van der Waals surface area contributed by atoms with Gasteiger partial charge in [-0.2, -0.15) is 0 Å². The highest BCUT2D eigenvalue weighted by molar-refractivity contribution is 5.94. The molecule has 0 saturated heterocycles. The van der Waals surface area contributed by atoms with Crippen LogP contribution in [0.1, 0.15) is 25.7 Å². The van der Waals surface area contributed by atoms with Gasteiger partial charge in [-0.25, -0.2) is 9.18 Å². The Labute approximate surface area is 128 Å². The van der Waals surface area contributed by atoms with Crippen LogP contribution in [0.4, 0.5) is 20.6 Å². The molecule has 6 heteroatoms. The molecular formula is C16H19FN2O3. The van der Waals surface area contributed by atoms with Gasteiger partial charge in [-0.05, 0) is 49.3 Å². The number of hydrogen-bond acceptors (Lipinski definition) is 3. The number of methoxy groups -OCH3 is 1. The third-order valence-electron chi connectivity index (χ3n) is 4.73. The zero-order valence-corrected chi connectivity index (χ0v) is 12.4. The van der Waals surface area contributed by atoms with Crippen LogP contribution in [0, 0.1) is 23.6 Å². The number of benzene rings is 1. The summed E-state index contributed by atoms with van der Waals surface area (Å²) in [5.41, 5.74) is 0.457. The van der Waals surface area contributed by atoms with Gasteiger partial charge in [-0.15, -0.1) is 0 Å². The Morgan fingerprint density at radius 3 is 2.68 bits per heavy atom. The molecule has 2 bridgehead atoms. The van der Waals surface area contributed by atoms with E-state index in [1.54, 1.807) is 0 Å². The summed E-state index contributed by atoms with van der Waals surface area (Å²) in [6, 6.07) is 4.10. The van der Waals surface area contributed by atoms with Crippen molar-refractivity contribution in [2.24, 2.45) is 17.8 Å². The molecule has 3 rings (SSSR count). The number of rotatable bonds is 3. The van der Waals surface area contributed by atoms with E-state index < -0.39 is 11.9 Å². The second-order valence-electron chi connectivity index (χ2n) is 6.08. The van der Waals surface area contributed by atoms with Gasteiger partial charge in [0.15, 0.2) is 0 Å². The number of ether oxygens (including phenoxy) is 1. The molecule has 3 atom stereocenters. The predicted octanol–water partition coefficient (Wildman–Crippen LogP) is 3.38. The summed E-state index contributed by atoms with van der Waals surface area (Å²) in [5.74, 6) is 0.635. The predicted molar refractivity (Wildman–Crippen MR) is 80.0 cm³/mol. The molecule has 5 nitrogen and oxygen atoms in total. The quantitative estimate of drug-likeness (QED) is 0.899. The second kappa shape index (κ2) is 5.94. The van der Waals surface area contributed by atoms with Crippen LogP contribution in [0.25, 0.3) is 0 Å². The van der Waals surface area contributed by atoms with Gasteiger partial charge in [0.05, 0.1) is 12.8 Å². The summed E-state index contributed by atoms with van der Waals surface area (Å²) in [6.07, 6.45) is 3.71. The lowest BCUT2D eigenvalue weighted by atomic mass is 9.88. The van der Waals surface area contributed by atoms with Crippen LogP contribution in [0.3, 0.4) is 0 Å². The minimum atomic E-state index is -0.754. The summed E-state index contributed by atoms with van der Waals surface area (Å²) in [5, 5.41) is 5.11. The number of fused-ring (bicyclic) bond motifs is 2. The van der Waals surface area contributed by atoms with E-state index in [4.69, 9.17) is 0 Å². The molecule has 0 unspecified atom stereocenters. The summed E-state index contributed by atoms with van der Waals surface area (Å²) in [6.45, 7) is 0. The van der Waals surface area contributed by atoms with Gasteiger partial charge in [0.1, 0.15) is 5.82 Å². The van der Waals surface area contributed by atoms with Gasteiger partial charge in [0.2, 0.25) is 5.91 Å². The fourth-order valence-electron chi connectivity index (χ4n) is 3.66. The Balaban J connectivity index is 1.68. The van der Waals surface area contributed by atoms with Crippen molar-refractivity contribution >= 4 is 23.4 Å². The van der Waals surface area contributed by atoms with E-state index >= 15 is 0 Å². The molecule has 2 saturated carbocycles. The molecule has 0 aliphatic heterocycles. The molecule has 2 aliphatic carbocycles. The number of amides is 2. The van der Waals surface area contributed by atoms with Crippen molar-refractivity contribution in [3.63, 3.8) is 0 Å². The lowest BCUT2D eigenvalue weighted by Crippen LogP contribution is -2.27. The van der Waals surface area contributed by atoms with E-state index in [0.29, 0.717) is 17.5 Å². The highest BCUT2D eigenvalue weighted by Crippen LogP contribution is 2.48. The van der Waals surface area contributed by atoms with Crippen LogP contribution >= 0.6 is 0 Å². The van der Waals surface area contributed by atoms with Gasteiger partial charge in [-0.1, -0.05) is 6.42 Å². The molecule has 1 aromatic rings. The van der Waals surface area contributed by atoms with Crippen molar-refractivity contribution in [2.75, 3.05) is 17.7 Å². The lowest BCUT2D eigenvalue weighted by molar-refractivity contribution is -0.121. The maximum absolute atomic E-state index is 13.6. The first-order valence-corrected chi connectivity index (χ1v) is 7.52. The number of nitrogens with one attached hydrogen (secondary N) is 2. The summed E-state index contributed by atoms with van der Waals surface area (Å²) < 4.78 is 18.1. The summed E-state index contributed by atoms with van der Waals surface area (Å²) in [4.78, 5) is 23.5. The zero-order valence-electron chi connectivity index (χ0n) is 12.4. The van der Waals surface area contributed by atoms with Crippen molar-refractivity contribution in [1.82, 2.24) is 0 Å². The maximum atomic E-state index is 13.6. The molecule has 22 heavy (non-hydrogen) atoms. The summed E-state index contributed by atoms with van der Waals surface area (Å²) in [7, 11) is 1.20. The first-order valence-electron chi connectivity index (χ1n) is 7.52. The van der Waals surface area contributed by atoms with E-state index in [1.807, 2.05) is 0 Å². The van der Waals surface area contributed by atoms with E-state index in [9.17, 15) is 14.0 Å². The third kappa shape index (κ3) is 2.91. The zero-order chi connectivity index (χ0) is 15.7. The number of halogens is 1. The Morgan fingerprint density at radius 1 is 1.23 bits per heavy atom. The molecular weight excluding hydrogens is 287 g/mol. The number of anilines is 2.